The molecular formula is C22H34IN5. The third-order valence-electron chi connectivity index (χ3n) is 5.60. The quantitative estimate of drug-likeness (QED) is 0.258. The van der Waals surface area contributed by atoms with Crippen LogP contribution in [0.25, 0.3) is 0 Å². The average molecular weight is 495 g/mol. The van der Waals surface area contributed by atoms with Gasteiger partial charge in [-0.15, -0.1) is 24.0 Å². The summed E-state index contributed by atoms with van der Waals surface area (Å²) >= 11 is 0. The van der Waals surface area contributed by atoms with Gasteiger partial charge < -0.3 is 15.2 Å². The van der Waals surface area contributed by atoms with Crippen LogP contribution >= 0.6 is 24.0 Å². The van der Waals surface area contributed by atoms with Crippen LogP contribution in [-0.4, -0.2) is 35.1 Å². The standard InChI is InChI=1S/C22H33N5.HI/c1-18-24-15-17-27(18)16-7-6-14-25-22(23-2)26-21-12-10-20(11-13-21)19-8-4-3-5-9-19;/h3-5,8-9,15,17,20-21H,6-7,10-14,16H2,1-2H3,(H2,23,25,26);1H. The lowest BCUT2D eigenvalue weighted by Gasteiger charge is -2.30. The summed E-state index contributed by atoms with van der Waals surface area (Å²) in [6.07, 6.45) is 11.1. The van der Waals surface area contributed by atoms with E-state index in [4.69, 9.17) is 0 Å². The molecule has 3 rings (SSSR count). The Bertz CT molecular complexity index is 705. The van der Waals surface area contributed by atoms with E-state index in [1.807, 2.05) is 13.2 Å². The van der Waals surface area contributed by atoms with E-state index in [2.05, 4.69) is 68.6 Å². The molecule has 1 aromatic carbocycles. The SMILES string of the molecule is CN=C(NCCCCn1ccnc1C)NC1CCC(c2ccccc2)CC1.I. The Morgan fingerprint density at radius 3 is 2.54 bits per heavy atom. The van der Waals surface area contributed by atoms with Gasteiger partial charge in [0.15, 0.2) is 5.96 Å². The van der Waals surface area contributed by atoms with E-state index in [0.29, 0.717) is 12.0 Å². The van der Waals surface area contributed by atoms with Gasteiger partial charge in [0.1, 0.15) is 5.82 Å². The molecule has 1 aliphatic carbocycles. The molecule has 0 unspecified atom stereocenters. The summed E-state index contributed by atoms with van der Waals surface area (Å²) in [5.41, 5.74) is 1.49. The van der Waals surface area contributed by atoms with Crippen LogP contribution in [0.5, 0.6) is 0 Å². The van der Waals surface area contributed by atoms with Gasteiger partial charge >= 0.3 is 0 Å². The first-order valence-corrected chi connectivity index (χ1v) is 10.3. The van der Waals surface area contributed by atoms with Gasteiger partial charge in [-0.25, -0.2) is 4.98 Å². The van der Waals surface area contributed by atoms with Crippen LogP contribution in [-0.2, 0) is 6.54 Å². The largest absolute Gasteiger partial charge is 0.356 e. The Hall–Kier alpha value is -1.57. The van der Waals surface area contributed by atoms with Crippen LogP contribution < -0.4 is 10.6 Å². The smallest absolute Gasteiger partial charge is 0.191 e. The minimum absolute atomic E-state index is 0. The van der Waals surface area contributed by atoms with Crippen LogP contribution in [0.2, 0.25) is 0 Å². The topological polar surface area (TPSA) is 54.2 Å². The fourth-order valence-electron chi connectivity index (χ4n) is 3.94. The summed E-state index contributed by atoms with van der Waals surface area (Å²) in [5.74, 6) is 2.74. The molecule has 0 aliphatic heterocycles. The lowest BCUT2D eigenvalue weighted by Crippen LogP contribution is -2.45. The summed E-state index contributed by atoms with van der Waals surface area (Å²) in [5, 5.41) is 7.08. The Kier molecular flexibility index (Phi) is 9.81. The molecule has 0 bridgehead atoms. The zero-order valence-electron chi connectivity index (χ0n) is 17.1. The zero-order chi connectivity index (χ0) is 18.9. The maximum atomic E-state index is 4.40. The van der Waals surface area contributed by atoms with Crippen molar-refractivity contribution < 1.29 is 0 Å². The summed E-state index contributed by atoms with van der Waals surface area (Å²) in [6, 6.07) is 11.5. The maximum Gasteiger partial charge on any atom is 0.191 e. The van der Waals surface area contributed by atoms with E-state index >= 15 is 0 Å². The van der Waals surface area contributed by atoms with E-state index in [1.54, 1.807) is 0 Å². The molecule has 2 N–H and O–H groups in total. The Balaban J connectivity index is 0.00000280. The van der Waals surface area contributed by atoms with Crippen molar-refractivity contribution in [3.8, 4) is 0 Å². The second kappa shape index (κ2) is 12.1. The summed E-state index contributed by atoms with van der Waals surface area (Å²) in [6.45, 7) is 4.03. The number of nitrogens with zero attached hydrogens (tertiary/aromatic N) is 3. The summed E-state index contributed by atoms with van der Waals surface area (Å²) in [4.78, 5) is 8.67. The molecule has 1 saturated carbocycles. The van der Waals surface area contributed by atoms with Crippen LogP contribution in [0.15, 0.2) is 47.7 Å². The molecule has 1 aromatic heterocycles. The van der Waals surface area contributed by atoms with E-state index in [0.717, 1.165) is 37.7 Å². The fraction of sp³-hybridized carbons (Fsp3) is 0.545. The number of aryl methyl sites for hydroxylation is 2. The van der Waals surface area contributed by atoms with Gasteiger partial charge in [0.25, 0.3) is 0 Å². The molecule has 5 nitrogen and oxygen atoms in total. The van der Waals surface area contributed by atoms with Gasteiger partial charge in [-0.05, 0) is 56.9 Å². The van der Waals surface area contributed by atoms with E-state index in [1.165, 1.54) is 31.2 Å². The molecule has 0 amide bonds. The number of imidazole rings is 1. The molecule has 154 valence electrons. The first kappa shape index (κ1) is 22.7. The zero-order valence-corrected chi connectivity index (χ0v) is 19.4. The lowest BCUT2D eigenvalue weighted by molar-refractivity contribution is 0.371. The molecule has 1 aliphatic rings. The predicted molar refractivity (Wildman–Crippen MR) is 128 cm³/mol. The number of hydrogen-bond donors (Lipinski definition) is 2. The number of hydrogen-bond acceptors (Lipinski definition) is 2. The highest BCUT2D eigenvalue weighted by molar-refractivity contribution is 14.0. The molecule has 0 spiro atoms. The van der Waals surface area contributed by atoms with Gasteiger partial charge in [0.05, 0.1) is 0 Å². The number of rotatable bonds is 7. The first-order valence-electron chi connectivity index (χ1n) is 10.3. The number of benzene rings is 1. The summed E-state index contributed by atoms with van der Waals surface area (Å²) < 4.78 is 2.21. The number of guanidine groups is 1. The van der Waals surface area contributed by atoms with Crippen molar-refractivity contribution in [1.29, 1.82) is 0 Å². The molecule has 0 atom stereocenters. The normalized spacial score (nSPS) is 19.7. The van der Waals surface area contributed by atoms with Crippen LogP contribution in [0.3, 0.4) is 0 Å². The summed E-state index contributed by atoms with van der Waals surface area (Å²) in [7, 11) is 1.86. The monoisotopic (exact) mass is 495 g/mol. The molecule has 0 saturated heterocycles. The van der Waals surface area contributed by atoms with Crippen molar-refractivity contribution in [2.45, 2.75) is 64.0 Å². The number of aromatic nitrogens is 2. The third kappa shape index (κ3) is 6.79. The Labute approximate surface area is 186 Å². The molecule has 1 heterocycles. The van der Waals surface area contributed by atoms with Crippen molar-refractivity contribution in [2.75, 3.05) is 13.6 Å². The Morgan fingerprint density at radius 2 is 1.89 bits per heavy atom. The van der Waals surface area contributed by atoms with Crippen LogP contribution in [0.1, 0.15) is 55.8 Å². The van der Waals surface area contributed by atoms with Crippen molar-refractivity contribution in [3.05, 3.63) is 54.1 Å². The van der Waals surface area contributed by atoms with E-state index in [9.17, 15) is 0 Å². The minimum Gasteiger partial charge on any atom is -0.356 e. The van der Waals surface area contributed by atoms with Crippen LogP contribution in [0.4, 0.5) is 0 Å². The maximum absolute atomic E-state index is 4.40. The predicted octanol–water partition coefficient (Wildman–Crippen LogP) is 4.48. The third-order valence-corrected chi connectivity index (χ3v) is 5.60. The number of halogens is 1. The highest BCUT2D eigenvalue weighted by Crippen LogP contribution is 2.32. The van der Waals surface area contributed by atoms with Gasteiger partial charge in [-0.2, -0.15) is 0 Å². The van der Waals surface area contributed by atoms with Crippen molar-refractivity contribution in [1.82, 2.24) is 20.2 Å². The first-order chi connectivity index (χ1) is 13.3. The highest BCUT2D eigenvalue weighted by Gasteiger charge is 2.22. The number of unbranched alkanes of at least 4 members (excludes halogenated alkanes) is 1. The highest BCUT2D eigenvalue weighted by atomic mass is 127. The van der Waals surface area contributed by atoms with Gasteiger partial charge in [-0.1, -0.05) is 30.3 Å². The van der Waals surface area contributed by atoms with Gasteiger partial charge in [-0.3, -0.25) is 4.99 Å². The molecule has 6 heteroatoms. The van der Waals surface area contributed by atoms with Gasteiger partial charge in [0, 0.05) is 38.6 Å². The van der Waals surface area contributed by atoms with Gasteiger partial charge in [0.2, 0.25) is 0 Å². The van der Waals surface area contributed by atoms with Crippen molar-refractivity contribution in [2.24, 2.45) is 4.99 Å². The van der Waals surface area contributed by atoms with Crippen LogP contribution in [0, 0.1) is 6.92 Å². The number of aliphatic imine (C=N–C) groups is 1. The molecular weight excluding hydrogens is 461 g/mol. The fourth-order valence-corrected chi connectivity index (χ4v) is 3.94. The molecule has 0 radical (unpaired) electrons. The molecule has 28 heavy (non-hydrogen) atoms. The average Bonchev–Trinajstić information content (AvgIpc) is 3.13. The molecule has 1 fully saturated rings. The minimum atomic E-state index is 0. The van der Waals surface area contributed by atoms with E-state index < -0.39 is 0 Å². The van der Waals surface area contributed by atoms with Crippen molar-refractivity contribution in [3.63, 3.8) is 0 Å². The second-order valence-electron chi connectivity index (χ2n) is 7.48. The Morgan fingerprint density at radius 1 is 1.14 bits per heavy atom. The number of nitrogens with one attached hydrogen (secondary N) is 2. The second-order valence-corrected chi connectivity index (χ2v) is 7.48. The molecule has 2 aromatic rings. The lowest BCUT2D eigenvalue weighted by atomic mass is 9.82. The van der Waals surface area contributed by atoms with E-state index in [-0.39, 0.29) is 24.0 Å². The van der Waals surface area contributed by atoms with Crippen molar-refractivity contribution >= 4 is 29.9 Å².